The first-order valence-electron chi connectivity index (χ1n) is 11.9. The molecule has 2 aromatic carbocycles. The van der Waals surface area contributed by atoms with E-state index in [2.05, 4.69) is 15.6 Å². The second-order valence-corrected chi connectivity index (χ2v) is 8.99. The van der Waals surface area contributed by atoms with Crippen LogP contribution in [0.4, 0.5) is 0 Å². The molecule has 9 nitrogen and oxygen atoms in total. The van der Waals surface area contributed by atoms with Gasteiger partial charge < -0.3 is 30.0 Å². The van der Waals surface area contributed by atoms with Gasteiger partial charge in [0.1, 0.15) is 17.1 Å². The minimum atomic E-state index is -0.291. The van der Waals surface area contributed by atoms with Crippen molar-refractivity contribution in [2.75, 3.05) is 6.79 Å². The molecule has 0 spiro atoms. The number of phenolic OH excluding ortho intramolecular Hbond substituents is 1. The molecule has 1 fully saturated rings. The Morgan fingerprint density at radius 2 is 1.61 bits per heavy atom. The van der Waals surface area contributed by atoms with E-state index in [9.17, 15) is 14.7 Å². The lowest BCUT2D eigenvalue weighted by Crippen LogP contribution is -2.43. The Morgan fingerprint density at radius 1 is 0.917 bits per heavy atom. The average Bonchev–Trinajstić information content (AvgIpc) is 3.33. The van der Waals surface area contributed by atoms with E-state index in [1.54, 1.807) is 54.7 Å². The number of nitrogens with one attached hydrogen (secondary N) is 2. The van der Waals surface area contributed by atoms with Crippen LogP contribution in [0.5, 0.6) is 28.9 Å². The Kier molecular flexibility index (Phi) is 6.62. The van der Waals surface area contributed by atoms with Crippen molar-refractivity contribution < 1.29 is 28.9 Å². The molecule has 0 saturated heterocycles. The predicted octanol–water partition coefficient (Wildman–Crippen LogP) is 4.09. The van der Waals surface area contributed by atoms with Gasteiger partial charge in [-0.15, -0.1) is 0 Å². The van der Waals surface area contributed by atoms with Crippen LogP contribution in [0, 0.1) is 6.92 Å². The number of carbonyl (C=O) groups excluding carboxylic acids is 2. The third-order valence-electron chi connectivity index (χ3n) is 6.37. The first kappa shape index (κ1) is 23.5. The summed E-state index contributed by atoms with van der Waals surface area (Å²) >= 11 is 0. The number of ether oxygens (including phenoxy) is 3. The third kappa shape index (κ3) is 5.19. The Hall–Kier alpha value is -4.27. The monoisotopic (exact) mass is 489 g/mol. The van der Waals surface area contributed by atoms with E-state index in [-0.39, 0.29) is 47.9 Å². The maximum Gasteiger partial charge on any atom is 0.257 e. The van der Waals surface area contributed by atoms with E-state index in [0.717, 1.165) is 31.2 Å². The number of hydrogen-bond acceptors (Lipinski definition) is 7. The van der Waals surface area contributed by atoms with Crippen molar-refractivity contribution in [3.05, 3.63) is 71.4 Å². The van der Waals surface area contributed by atoms with Crippen molar-refractivity contribution in [3.63, 3.8) is 0 Å². The normalized spacial score (nSPS) is 18.4. The first-order chi connectivity index (χ1) is 17.5. The minimum absolute atomic E-state index is 0.0188. The van der Waals surface area contributed by atoms with Gasteiger partial charge in [0.05, 0.1) is 5.56 Å². The number of fused-ring (bicyclic) bond motifs is 1. The maximum absolute atomic E-state index is 13.0. The summed E-state index contributed by atoms with van der Waals surface area (Å²) in [5, 5.41) is 16.1. The van der Waals surface area contributed by atoms with Crippen molar-refractivity contribution >= 4 is 11.8 Å². The maximum atomic E-state index is 13.0. The number of benzene rings is 2. The lowest BCUT2D eigenvalue weighted by Gasteiger charge is -2.29. The van der Waals surface area contributed by atoms with Crippen LogP contribution in [0.25, 0.3) is 0 Å². The summed E-state index contributed by atoms with van der Waals surface area (Å²) in [6.45, 7) is 2.02. The zero-order valence-corrected chi connectivity index (χ0v) is 19.8. The van der Waals surface area contributed by atoms with Crippen LogP contribution < -0.4 is 24.8 Å². The summed E-state index contributed by atoms with van der Waals surface area (Å²) in [4.78, 5) is 29.9. The molecule has 36 heavy (non-hydrogen) atoms. The molecule has 0 radical (unpaired) electrons. The number of hydrogen-bond donors (Lipinski definition) is 3. The molecule has 5 rings (SSSR count). The highest BCUT2D eigenvalue weighted by atomic mass is 16.7. The van der Waals surface area contributed by atoms with Crippen LogP contribution in [0.3, 0.4) is 0 Å². The molecule has 3 aromatic rings. The number of carbonyl (C=O) groups is 2. The van der Waals surface area contributed by atoms with Crippen LogP contribution in [-0.2, 0) is 0 Å². The van der Waals surface area contributed by atoms with Crippen molar-refractivity contribution in [1.82, 2.24) is 15.6 Å². The van der Waals surface area contributed by atoms with Gasteiger partial charge in [0.25, 0.3) is 11.8 Å². The van der Waals surface area contributed by atoms with E-state index in [1.807, 2.05) is 6.92 Å². The van der Waals surface area contributed by atoms with Gasteiger partial charge in [0, 0.05) is 24.3 Å². The highest BCUT2D eigenvalue weighted by molar-refractivity contribution is 5.97. The summed E-state index contributed by atoms with van der Waals surface area (Å²) in [7, 11) is 0. The number of phenols is 1. The Balaban J connectivity index is 1.16. The average molecular weight is 490 g/mol. The molecule has 2 heterocycles. The molecule has 1 saturated carbocycles. The molecule has 0 bridgehead atoms. The van der Waals surface area contributed by atoms with Crippen molar-refractivity contribution in [2.24, 2.45) is 0 Å². The summed E-state index contributed by atoms with van der Waals surface area (Å²) in [6, 6.07) is 13.5. The SMILES string of the molecule is Cc1ccc(C(=O)NC2CCC(NC(=O)c3cccnc3Oc3ccc4c(c3)OCO4)CC2)c(O)c1. The Labute approximate surface area is 208 Å². The van der Waals surface area contributed by atoms with Gasteiger partial charge >= 0.3 is 0 Å². The molecular weight excluding hydrogens is 462 g/mol. The number of rotatable bonds is 6. The molecule has 3 N–H and O–H groups in total. The van der Waals surface area contributed by atoms with Gasteiger partial charge in [0.2, 0.25) is 12.7 Å². The quantitative estimate of drug-likeness (QED) is 0.477. The molecule has 0 atom stereocenters. The van der Waals surface area contributed by atoms with E-state index in [1.165, 1.54) is 0 Å². The Bertz CT molecular complexity index is 1290. The van der Waals surface area contributed by atoms with E-state index in [0.29, 0.717) is 22.8 Å². The zero-order valence-electron chi connectivity index (χ0n) is 19.8. The highest BCUT2D eigenvalue weighted by Crippen LogP contribution is 2.36. The molecule has 1 aliphatic carbocycles. The lowest BCUT2D eigenvalue weighted by molar-refractivity contribution is 0.0888. The smallest absolute Gasteiger partial charge is 0.257 e. The van der Waals surface area contributed by atoms with Crippen molar-refractivity contribution in [2.45, 2.75) is 44.7 Å². The van der Waals surface area contributed by atoms with E-state index >= 15 is 0 Å². The van der Waals surface area contributed by atoms with Crippen molar-refractivity contribution in [1.29, 1.82) is 0 Å². The first-order valence-corrected chi connectivity index (χ1v) is 11.9. The zero-order chi connectivity index (χ0) is 25.1. The molecular formula is C27H27N3O6. The van der Waals surface area contributed by atoms with E-state index < -0.39 is 0 Å². The largest absolute Gasteiger partial charge is 0.507 e. The fourth-order valence-corrected chi connectivity index (χ4v) is 4.44. The number of aromatic hydroxyl groups is 1. The topological polar surface area (TPSA) is 119 Å². The molecule has 1 aromatic heterocycles. The summed E-state index contributed by atoms with van der Waals surface area (Å²) < 4.78 is 16.6. The van der Waals surface area contributed by atoms with Gasteiger partial charge in [-0.05, 0) is 74.6 Å². The number of pyridine rings is 1. The molecule has 2 aliphatic rings. The van der Waals surface area contributed by atoms with Gasteiger partial charge in [-0.25, -0.2) is 4.98 Å². The molecule has 2 amide bonds. The number of amides is 2. The minimum Gasteiger partial charge on any atom is -0.507 e. The molecule has 186 valence electrons. The second-order valence-electron chi connectivity index (χ2n) is 8.99. The predicted molar refractivity (Wildman–Crippen MR) is 131 cm³/mol. The number of aromatic nitrogens is 1. The lowest BCUT2D eigenvalue weighted by atomic mass is 9.90. The molecule has 0 unspecified atom stereocenters. The van der Waals surface area contributed by atoms with Crippen LogP contribution in [-0.4, -0.2) is 40.8 Å². The van der Waals surface area contributed by atoms with Gasteiger partial charge in [-0.2, -0.15) is 0 Å². The van der Waals surface area contributed by atoms with Crippen molar-refractivity contribution in [3.8, 4) is 28.9 Å². The van der Waals surface area contributed by atoms with Crippen LogP contribution >= 0.6 is 0 Å². The fraction of sp³-hybridized carbons (Fsp3) is 0.296. The van der Waals surface area contributed by atoms with E-state index in [4.69, 9.17) is 14.2 Å². The summed E-state index contributed by atoms with van der Waals surface area (Å²) in [6.07, 6.45) is 4.44. The second kappa shape index (κ2) is 10.2. The molecule has 1 aliphatic heterocycles. The van der Waals surface area contributed by atoms with Gasteiger partial charge in [-0.1, -0.05) is 6.07 Å². The van der Waals surface area contributed by atoms with Crippen LogP contribution in [0.1, 0.15) is 52.0 Å². The molecule has 9 heteroatoms. The van der Waals surface area contributed by atoms with Crippen LogP contribution in [0.2, 0.25) is 0 Å². The number of nitrogens with zero attached hydrogens (tertiary/aromatic N) is 1. The summed E-state index contributed by atoms with van der Waals surface area (Å²) in [5.74, 6) is 1.33. The van der Waals surface area contributed by atoms with Gasteiger partial charge in [0.15, 0.2) is 11.5 Å². The number of aryl methyl sites for hydroxylation is 1. The summed E-state index contributed by atoms with van der Waals surface area (Å²) in [5.41, 5.74) is 1.49. The van der Waals surface area contributed by atoms with Crippen LogP contribution in [0.15, 0.2) is 54.7 Å². The Morgan fingerprint density at radius 3 is 2.33 bits per heavy atom. The fourth-order valence-electron chi connectivity index (χ4n) is 4.44. The third-order valence-corrected chi connectivity index (χ3v) is 6.37. The standard InChI is InChI=1S/C27H27N3O6/c1-16-4-10-20(22(31)13-16)25(32)29-17-5-7-18(8-6-17)30-26(33)21-3-2-12-28-27(21)36-19-9-11-23-24(14-19)35-15-34-23/h2-4,9-14,17-18,31H,5-8,15H2,1H3,(H,29,32)(H,30,33). The van der Waals surface area contributed by atoms with Gasteiger partial charge in [-0.3, -0.25) is 9.59 Å². The highest BCUT2D eigenvalue weighted by Gasteiger charge is 2.26.